The van der Waals surface area contributed by atoms with Gasteiger partial charge in [-0.05, 0) is 31.5 Å². The fourth-order valence-electron chi connectivity index (χ4n) is 3.26. The van der Waals surface area contributed by atoms with E-state index in [4.69, 9.17) is 0 Å². The number of rotatable bonds is 3. The van der Waals surface area contributed by atoms with Gasteiger partial charge in [-0.1, -0.05) is 30.3 Å². The molecule has 2 aromatic rings. The molecule has 4 heteroatoms. The van der Waals surface area contributed by atoms with Crippen LogP contribution in [-0.2, 0) is 0 Å². The Balaban J connectivity index is 1.46. The van der Waals surface area contributed by atoms with E-state index in [1.807, 2.05) is 48.9 Å². The van der Waals surface area contributed by atoms with Gasteiger partial charge in [0.05, 0.1) is 0 Å². The number of aromatic nitrogens is 2. The smallest absolute Gasteiger partial charge is 0.159 e. The van der Waals surface area contributed by atoms with Gasteiger partial charge in [-0.25, -0.2) is 9.97 Å². The minimum atomic E-state index is 0.634. The molecule has 0 amide bonds. The SMILES string of the molecule is C1=C(c2cnc(-c3ccccc3)nc2)CC(C2CCNCC2)=N1. The van der Waals surface area contributed by atoms with Gasteiger partial charge in [-0.3, -0.25) is 4.99 Å². The van der Waals surface area contributed by atoms with Crippen LogP contribution in [0.2, 0.25) is 0 Å². The first-order valence-electron chi connectivity index (χ1n) is 8.24. The van der Waals surface area contributed by atoms with Crippen molar-refractivity contribution in [2.24, 2.45) is 10.9 Å². The summed E-state index contributed by atoms with van der Waals surface area (Å²) in [6, 6.07) is 10.1. The fraction of sp³-hybridized carbons (Fsp3) is 0.316. The summed E-state index contributed by atoms with van der Waals surface area (Å²) in [5.41, 5.74) is 4.69. The summed E-state index contributed by atoms with van der Waals surface area (Å²) in [5, 5.41) is 3.41. The van der Waals surface area contributed by atoms with Gasteiger partial charge in [-0.15, -0.1) is 0 Å². The van der Waals surface area contributed by atoms with Gasteiger partial charge < -0.3 is 5.32 Å². The third-order valence-electron chi connectivity index (χ3n) is 4.62. The highest BCUT2D eigenvalue weighted by Gasteiger charge is 2.23. The first-order chi connectivity index (χ1) is 11.4. The van der Waals surface area contributed by atoms with E-state index < -0.39 is 0 Å². The molecule has 23 heavy (non-hydrogen) atoms. The summed E-state index contributed by atoms with van der Waals surface area (Å²) >= 11 is 0. The molecule has 0 spiro atoms. The monoisotopic (exact) mass is 304 g/mol. The Morgan fingerprint density at radius 1 is 0.913 bits per heavy atom. The number of hydrogen-bond donors (Lipinski definition) is 1. The van der Waals surface area contributed by atoms with Gasteiger partial charge in [0.15, 0.2) is 5.82 Å². The first-order valence-corrected chi connectivity index (χ1v) is 8.24. The number of allylic oxidation sites excluding steroid dienone is 1. The van der Waals surface area contributed by atoms with Crippen molar-refractivity contribution < 1.29 is 0 Å². The van der Waals surface area contributed by atoms with Crippen molar-refractivity contribution >= 4 is 11.3 Å². The highest BCUT2D eigenvalue weighted by Crippen LogP contribution is 2.29. The lowest BCUT2D eigenvalue weighted by Crippen LogP contribution is -2.31. The number of nitrogens with one attached hydrogen (secondary N) is 1. The second-order valence-electron chi connectivity index (χ2n) is 6.14. The van der Waals surface area contributed by atoms with E-state index in [9.17, 15) is 0 Å². The van der Waals surface area contributed by atoms with E-state index in [2.05, 4.69) is 20.3 Å². The van der Waals surface area contributed by atoms with E-state index in [0.717, 1.165) is 36.5 Å². The number of hydrogen-bond acceptors (Lipinski definition) is 4. The van der Waals surface area contributed by atoms with Crippen LogP contribution in [0.1, 0.15) is 24.8 Å². The summed E-state index contributed by atoms with van der Waals surface area (Å²) in [5.74, 6) is 1.40. The fourth-order valence-corrected chi connectivity index (χ4v) is 3.26. The lowest BCUT2D eigenvalue weighted by atomic mass is 9.89. The van der Waals surface area contributed by atoms with Crippen LogP contribution in [0.15, 0.2) is 53.9 Å². The summed E-state index contributed by atoms with van der Waals surface area (Å²) in [7, 11) is 0. The molecule has 4 rings (SSSR count). The summed E-state index contributed by atoms with van der Waals surface area (Å²) in [4.78, 5) is 13.7. The number of benzene rings is 1. The Hall–Kier alpha value is -2.33. The molecule has 1 aromatic carbocycles. The zero-order chi connectivity index (χ0) is 15.5. The Morgan fingerprint density at radius 3 is 2.39 bits per heavy atom. The standard InChI is InChI=1S/C19H20N4/c1-2-4-15(5-3-1)19-22-12-17(13-23-19)16-10-18(21-11-16)14-6-8-20-9-7-14/h1-5,11-14,20H,6-10H2. The maximum Gasteiger partial charge on any atom is 0.159 e. The van der Waals surface area contributed by atoms with Gasteiger partial charge >= 0.3 is 0 Å². The van der Waals surface area contributed by atoms with Crippen molar-refractivity contribution in [2.75, 3.05) is 13.1 Å². The van der Waals surface area contributed by atoms with Gasteiger partial charge in [0.2, 0.25) is 0 Å². The van der Waals surface area contributed by atoms with Crippen molar-refractivity contribution in [3.63, 3.8) is 0 Å². The molecule has 1 N–H and O–H groups in total. The van der Waals surface area contributed by atoms with E-state index in [-0.39, 0.29) is 0 Å². The van der Waals surface area contributed by atoms with Gasteiger partial charge in [0.1, 0.15) is 0 Å². The van der Waals surface area contributed by atoms with Crippen molar-refractivity contribution in [2.45, 2.75) is 19.3 Å². The molecule has 1 aromatic heterocycles. The van der Waals surface area contributed by atoms with Gasteiger partial charge in [0.25, 0.3) is 0 Å². The van der Waals surface area contributed by atoms with E-state index >= 15 is 0 Å². The second kappa shape index (κ2) is 6.42. The molecule has 0 saturated carbocycles. The van der Waals surface area contributed by atoms with E-state index in [1.54, 1.807) is 0 Å². The van der Waals surface area contributed by atoms with Crippen LogP contribution in [0.4, 0.5) is 0 Å². The average molecular weight is 304 g/mol. The Kier molecular flexibility index (Phi) is 3.99. The molecular weight excluding hydrogens is 284 g/mol. The molecular formula is C19H20N4. The Bertz CT molecular complexity index is 726. The molecule has 3 heterocycles. The first kappa shape index (κ1) is 14.3. The van der Waals surface area contributed by atoms with Crippen LogP contribution < -0.4 is 5.32 Å². The lowest BCUT2D eigenvalue weighted by Gasteiger charge is -2.22. The predicted molar refractivity (Wildman–Crippen MR) is 93.1 cm³/mol. The topological polar surface area (TPSA) is 50.2 Å². The van der Waals surface area contributed by atoms with Crippen LogP contribution in [0.5, 0.6) is 0 Å². The molecule has 1 fully saturated rings. The third-order valence-corrected chi connectivity index (χ3v) is 4.62. The minimum Gasteiger partial charge on any atom is -0.317 e. The maximum atomic E-state index is 4.67. The molecule has 0 atom stereocenters. The third kappa shape index (κ3) is 3.08. The minimum absolute atomic E-state index is 0.634. The average Bonchev–Trinajstić information content (AvgIpc) is 3.14. The van der Waals surface area contributed by atoms with E-state index in [0.29, 0.717) is 5.92 Å². The predicted octanol–water partition coefficient (Wildman–Crippen LogP) is 3.33. The van der Waals surface area contributed by atoms with Crippen LogP contribution in [-0.4, -0.2) is 28.8 Å². The van der Waals surface area contributed by atoms with Crippen molar-refractivity contribution in [1.82, 2.24) is 15.3 Å². The second-order valence-corrected chi connectivity index (χ2v) is 6.14. The molecule has 0 unspecified atom stereocenters. The molecule has 2 aliphatic rings. The molecule has 2 aliphatic heterocycles. The molecule has 0 aliphatic carbocycles. The zero-order valence-corrected chi connectivity index (χ0v) is 13.1. The number of piperidine rings is 1. The molecule has 0 bridgehead atoms. The molecule has 1 saturated heterocycles. The largest absolute Gasteiger partial charge is 0.317 e. The Labute approximate surface area is 136 Å². The van der Waals surface area contributed by atoms with Crippen molar-refractivity contribution in [3.8, 4) is 11.4 Å². The highest BCUT2D eigenvalue weighted by molar-refractivity contribution is 5.99. The summed E-state index contributed by atoms with van der Waals surface area (Å²) in [6.07, 6.45) is 9.17. The van der Waals surface area contributed by atoms with Gasteiger partial charge in [0, 0.05) is 47.8 Å². The summed E-state index contributed by atoms with van der Waals surface area (Å²) in [6.45, 7) is 2.21. The molecule has 0 radical (unpaired) electrons. The van der Waals surface area contributed by atoms with Crippen LogP contribution in [0, 0.1) is 5.92 Å². The number of nitrogens with zero attached hydrogens (tertiary/aromatic N) is 3. The highest BCUT2D eigenvalue weighted by atomic mass is 14.9. The van der Waals surface area contributed by atoms with E-state index in [1.165, 1.54) is 24.1 Å². The molecule has 4 nitrogen and oxygen atoms in total. The molecule has 116 valence electrons. The van der Waals surface area contributed by atoms with Crippen molar-refractivity contribution in [1.29, 1.82) is 0 Å². The van der Waals surface area contributed by atoms with Crippen LogP contribution >= 0.6 is 0 Å². The zero-order valence-electron chi connectivity index (χ0n) is 13.1. The van der Waals surface area contributed by atoms with Crippen LogP contribution in [0.3, 0.4) is 0 Å². The van der Waals surface area contributed by atoms with Gasteiger partial charge in [-0.2, -0.15) is 0 Å². The lowest BCUT2D eigenvalue weighted by molar-refractivity contribution is 0.455. The van der Waals surface area contributed by atoms with Crippen LogP contribution in [0.25, 0.3) is 17.0 Å². The maximum absolute atomic E-state index is 4.67. The number of aliphatic imine (C=N–C) groups is 1. The quantitative estimate of drug-likeness (QED) is 0.946. The Morgan fingerprint density at radius 2 is 1.65 bits per heavy atom. The van der Waals surface area contributed by atoms with Crippen molar-refractivity contribution in [3.05, 3.63) is 54.5 Å². The summed E-state index contributed by atoms with van der Waals surface area (Å²) < 4.78 is 0. The normalized spacial score (nSPS) is 18.6.